The number of hydrogen-bond donors (Lipinski definition) is 1. The highest BCUT2D eigenvalue weighted by molar-refractivity contribution is 7.99. The number of thioether (sulfide) groups is 1. The van der Waals surface area contributed by atoms with Gasteiger partial charge in [-0.2, -0.15) is 0 Å². The molecule has 1 amide bonds. The lowest BCUT2D eigenvalue weighted by atomic mass is 9.99. The molecule has 1 aromatic heterocycles. The Morgan fingerprint density at radius 1 is 0.941 bits per heavy atom. The number of anilines is 1. The summed E-state index contributed by atoms with van der Waals surface area (Å²) in [6, 6.07) is 22.8. The van der Waals surface area contributed by atoms with Gasteiger partial charge in [-0.3, -0.25) is 9.36 Å². The van der Waals surface area contributed by atoms with Gasteiger partial charge in [0.15, 0.2) is 11.0 Å². The predicted octanol–water partition coefficient (Wildman–Crippen LogP) is 7.49. The van der Waals surface area contributed by atoms with E-state index >= 15 is 0 Å². The van der Waals surface area contributed by atoms with Gasteiger partial charge in [-0.05, 0) is 78.6 Å². The van der Waals surface area contributed by atoms with Crippen LogP contribution in [0.3, 0.4) is 0 Å². The molecule has 4 rings (SSSR count). The van der Waals surface area contributed by atoms with E-state index in [1.54, 1.807) is 0 Å². The van der Waals surface area contributed by atoms with Crippen molar-refractivity contribution in [2.45, 2.75) is 31.3 Å². The van der Waals surface area contributed by atoms with E-state index < -0.39 is 0 Å². The number of amides is 1. The number of halogens is 2. The smallest absolute Gasteiger partial charge is 0.234 e. The second-order valence-electron chi connectivity index (χ2n) is 7.89. The maximum Gasteiger partial charge on any atom is 0.234 e. The summed E-state index contributed by atoms with van der Waals surface area (Å²) >= 11 is 13.5. The van der Waals surface area contributed by atoms with Crippen LogP contribution in [0, 0.1) is 0 Å². The van der Waals surface area contributed by atoms with Crippen LogP contribution in [0.1, 0.15) is 31.7 Å². The molecular formula is C26H24Cl2N4OS. The zero-order chi connectivity index (χ0) is 24.1. The number of rotatable bonds is 8. The maximum atomic E-state index is 12.6. The van der Waals surface area contributed by atoms with Crippen LogP contribution in [0.15, 0.2) is 78.0 Å². The lowest BCUT2D eigenvalue weighted by Crippen LogP contribution is -2.14. The normalized spacial score (nSPS) is 11.9. The molecule has 0 fully saturated rings. The van der Waals surface area contributed by atoms with Gasteiger partial charge in [0.05, 0.1) is 5.75 Å². The summed E-state index contributed by atoms with van der Waals surface area (Å²) in [4.78, 5) is 12.6. The van der Waals surface area contributed by atoms with E-state index in [1.807, 2.05) is 65.2 Å². The Kier molecular flexibility index (Phi) is 7.93. The highest BCUT2D eigenvalue weighted by Crippen LogP contribution is 2.29. The first-order valence-corrected chi connectivity index (χ1v) is 12.7. The van der Waals surface area contributed by atoms with Gasteiger partial charge in [-0.25, -0.2) is 0 Å². The number of nitrogens with zero attached hydrogens (tertiary/aromatic N) is 3. The van der Waals surface area contributed by atoms with Gasteiger partial charge < -0.3 is 5.32 Å². The van der Waals surface area contributed by atoms with Crippen molar-refractivity contribution in [3.8, 4) is 17.1 Å². The van der Waals surface area contributed by atoms with Crippen molar-refractivity contribution in [1.82, 2.24) is 14.8 Å². The number of carbonyl (C=O) groups excluding carboxylic acids is 1. The summed E-state index contributed by atoms with van der Waals surface area (Å²) in [5, 5.41) is 13.6. The summed E-state index contributed by atoms with van der Waals surface area (Å²) in [7, 11) is 0. The first-order valence-electron chi connectivity index (χ1n) is 10.9. The van der Waals surface area contributed by atoms with Gasteiger partial charge >= 0.3 is 0 Å². The lowest BCUT2D eigenvalue weighted by Gasteiger charge is -2.12. The molecular weight excluding hydrogens is 487 g/mol. The molecule has 5 nitrogen and oxygen atoms in total. The minimum absolute atomic E-state index is 0.111. The predicted molar refractivity (Wildman–Crippen MR) is 141 cm³/mol. The average molecular weight is 511 g/mol. The Labute approximate surface area is 213 Å². The third kappa shape index (κ3) is 5.81. The summed E-state index contributed by atoms with van der Waals surface area (Å²) in [6.07, 6.45) is 1.08. The monoisotopic (exact) mass is 510 g/mol. The van der Waals surface area contributed by atoms with Crippen molar-refractivity contribution in [2.75, 3.05) is 11.1 Å². The largest absolute Gasteiger partial charge is 0.325 e. The van der Waals surface area contributed by atoms with Crippen molar-refractivity contribution < 1.29 is 4.79 Å². The van der Waals surface area contributed by atoms with Crippen LogP contribution in [0.25, 0.3) is 17.1 Å². The zero-order valence-corrected chi connectivity index (χ0v) is 21.2. The Hall–Kier alpha value is -2.80. The highest BCUT2D eigenvalue weighted by atomic mass is 35.5. The summed E-state index contributed by atoms with van der Waals surface area (Å²) in [5.41, 5.74) is 3.76. The summed E-state index contributed by atoms with van der Waals surface area (Å²) in [5.74, 6) is 1.23. The fourth-order valence-corrected chi connectivity index (χ4v) is 4.43. The summed E-state index contributed by atoms with van der Waals surface area (Å²) in [6.45, 7) is 4.36. The number of carbonyl (C=O) groups is 1. The molecule has 3 aromatic carbocycles. The molecule has 174 valence electrons. The lowest BCUT2D eigenvalue weighted by molar-refractivity contribution is -0.113. The van der Waals surface area contributed by atoms with E-state index in [4.69, 9.17) is 23.2 Å². The van der Waals surface area contributed by atoms with Crippen LogP contribution < -0.4 is 5.32 Å². The molecule has 8 heteroatoms. The third-order valence-electron chi connectivity index (χ3n) is 5.53. The number of benzene rings is 3. The first kappa shape index (κ1) is 24.3. The highest BCUT2D eigenvalue weighted by Gasteiger charge is 2.17. The van der Waals surface area contributed by atoms with Crippen molar-refractivity contribution in [3.63, 3.8) is 0 Å². The molecule has 4 aromatic rings. The van der Waals surface area contributed by atoms with Gasteiger partial charge in [-0.1, -0.05) is 60.9 Å². The molecule has 0 spiro atoms. The van der Waals surface area contributed by atoms with Gasteiger partial charge in [0.1, 0.15) is 0 Å². The number of hydrogen-bond acceptors (Lipinski definition) is 4. The topological polar surface area (TPSA) is 59.8 Å². The standard InChI is InChI=1S/C26H24Cl2N4OS/c1-3-17(2)18-6-12-22(13-7-18)29-24(33)16-34-26-31-30-25(19-4-8-20(27)9-5-19)32(26)23-14-10-21(28)11-15-23/h4-15,17H,3,16H2,1-2H3,(H,29,33)/t17-/m0/s1. The Morgan fingerprint density at radius 3 is 2.18 bits per heavy atom. The van der Waals surface area contributed by atoms with Crippen LogP contribution in [0.2, 0.25) is 10.0 Å². The van der Waals surface area contributed by atoms with E-state index in [0.29, 0.717) is 26.9 Å². The third-order valence-corrected chi connectivity index (χ3v) is 6.96. The van der Waals surface area contributed by atoms with Crippen LogP contribution in [0.4, 0.5) is 5.69 Å². The maximum absolute atomic E-state index is 12.6. The first-order chi connectivity index (χ1) is 16.4. The van der Waals surface area contributed by atoms with Crippen molar-refractivity contribution in [3.05, 3.63) is 88.4 Å². The quantitative estimate of drug-likeness (QED) is 0.249. The second-order valence-corrected chi connectivity index (χ2v) is 9.71. The van der Waals surface area contributed by atoms with Crippen molar-refractivity contribution in [1.29, 1.82) is 0 Å². The minimum atomic E-state index is -0.111. The molecule has 0 aliphatic rings. The summed E-state index contributed by atoms with van der Waals surface area (Å²) < 4.78 is 1.92. The molecule has 0 radical (unpaired) electrons. The molecule has 0 aliphatic carbocycles. The van der Waals surface area contributed by atoms with Crippen molar-refractivity contribution in [2.24, 2.45) is 0 Å². The van der Waals surface area contributed by atoms with Crippen molar-refractivity contribution >= 4 is 46.6 Å². The van der Waals surface area contributed by atoms with Gasteiger partial charge in [0, 0.05) is 27.0 Å². The molecule has 1 atom stereocenters. The SMILES string of the molecule is CC[C@H](C)c1ccc(NC(=O)CSc2nnc(-c3ccc(Cl)cc3)n2-c2ccc(Cl)cc2)cc1. The van der Waals surface area contributed by atoms with E-state index in [-0.39, 0.29) is 11.7 Å². The molecule has 0 bridgehead atoms. The zero-order valence-electron chi connectivity index (χ0n) is 18.8. The molecule has 1 N–H and O–H groups in total. The van der Waals surface area contributed by atoms with Gasteiger partial charge in [0.2, 0.25) is 5.91 Å². The molecule has 34 heavy (non-hydrogen) atoms. The number of aromatic nitrogens is 3. The molecule has 0 saturated carbocycles. The van der Waals surface area contributed by atoms with E-state index in [2.05, 4.69) is 41.5 Å². The van der Waals surface area contributed by atoms with Gasteiger partial charge in [-0.15, -0.1) is 10.2 Å². The second kappa shape index (κ2) is 11.1. The molecule has 0 saturated heterocycles. The fourth-order valence-electron chi connectivity index (χ4n) is 3.43. The number of nitrogens with one attached hydrogen (secondary N) is 1. The minimum Gasteiger partial charge on any atom is -0.325 e. The fraction of sp³-hybridized carbons (Fsp3) is 0.192. The Morgan fingerprint density at radius 2 is 1.56 bits per heavy atom. The van der Waals surface area contributed by atoms with Crippen LogP contribution in [0.5, 0.6) is 0 Å². The molecule has 0 unspecified atom stereocenters. The van der Waals surface area contributed by atoms with E-state index in [9.17, 15) is 4.79 Å². The molecule has 1 heterocycles. The van der Waals surface area contributed by atoms with E-state index in [1.165, 1.54) is 17.3 Å². The Balaban J connectivity index is 1.53. The van der Waals surface area contributed by atoms with Crippen LogP contribution >= 0.6 is 35.0 Å². The van der Waals surface area contributed by atoms with Gasteiger partial charge in [0.25, 0.3) is 0 Å². The average Bonchev–Trinajstić information content (AvgIpc) is 3.27. The van der Waals surface area contributed by atoms with Crippen LogP contribution in [-0.4, -0.2) is 26.4 Å². The molecule has 0 aliphatic heterocycles. The van der Waals surface area contributed by atoms with Crippen LogP contribution in [-0.2, 0) is 4.79 Å². The Bertz CT molecular complexity index is 1260. The van der Waals surface area contributed by atoms with E-state index in [0.717, 1.165) is 23.4 Å².